The van der Waals surface area contributed by atoms with E-state index >= 15 is 0 Å². The number of piperazine rings is 1. The van der Waals surface area contributed by atoms with E-state index in [1.54, 1.807) is 25.5 Å². The Morgan fingerprint density at radius 1 is 1.12 bits per heavy atom. The first-order valence-corrected chi connectivity index (χ1v) is 16.8. The van der Waals surface area contributed by atoms with Crippen molar-refractivity contribution < 1.29 is 29.6 Å². The maximum absolute atomic E-state index is 13.4. The average molecular weight is 685 g/mol. The number of fused-ring (bicyclic) bond motifs is 7. The number of phenols is 3. The van der Waals surface area contributed by atoms with Gasteiger partial charge in [-0.25, -0.2) is 0 Å². The largest absolute Gasteiger partial charge is 0.507 e. The third kappa shape index (κ3) is 5.64. The Labute approximate surface area is 289 Å². The van der Waals surface area contributed by atoms with E-state index < -0.39 is 24.2 Å². The standard InChI is InChI=1S/C36H40N6O6S/c1-18-12-21-13-24-26(15-37)42-25(30(41(24)4)28(21)32(44)34(18)47-5)14-23-29(33(45)35(48-6)19(2)31(23)43)27(42)16-38-36(46)20(3)39-17-49-40-22-10-8-7-9-11-22/h7-12,14,17,20,24,26-27,30,40,43-45H,13,16H2,1-6H3,(H,38,46)/t20?,24-,26-,27?,30-/m0/s1. The van der Waals surface area contributed by atoms with Crippen LogP contribution in [0.25, 0.3) is 6.08 Å². The first-order chi connectivity index (χ1) is 23.5. The number of anilines is 1. The normalized spacial score (nSPS) is 21.5. The fourth-order valence-electron chi connectivity index (χ4n) is 7.44. The van der Waals surface area contributed by atoms with Crippen LogP contribution in [0.15, 0.2) is 47.1 Å². The number of hydrogen-bond acceptors (Lipinski definition) is 12. The lowest BCUT2D eigenvalue weighted by atomic mass is 9.75. The van der Waals surface area contributed by atoms with Gasteiger partial charge >= 0.3 is 0 Å². The molecule has 0 aromatic heterocycles. The molecule has 2 unspecified atom stereocenters. The van der Waals surface area contributed by atoms with Crippen molar-refractivity contribution in [2.24, 2.45) is 4.99 Å². The molecular formula is C36H40N6O6S. The number of methoxy groups -OCH3 is 2. The molecule has 6 rings (SSSR count). The van der Waals surface area contributed by atoms with Crippen LogP contribution < -0.4 is 19.5 Å². The van der Waals surface area contributed by atoms with Gasteiger partial charge in [-0.2, -0.15) is 5.26 Å². The molecule has 3 aliphatic heterocycles. The molecule has 256 valence electrons. The Hall–Kier alpha value is -5.06. The van der Waals surface area contributed by atoms with Gasteiger partial charge in [0.25, 0.3) is 0 Å². The van der Waals surface area contributed by atoms with Gasteiger partial charge in [0.1, 0.15) is 17.8 Å². The SMILES string of the molecule is COc1c(C)cc2c(c1O)[C@@H]1C3=Cc4c(O)c(C)c(OC)c(O)c4C(CNC(=O)C(C)N=CSNc4ccccc4)N3[C@@H](C#N)[C@H](C2)N1C. The van der Waals surface area contributed by atoms with Crippen molar-refractivity contribution in [2.45, 2.75) is 57.4 Å². The van der Waals surface area contributed by atoms with Crippen molar-refractivity contribution >= 4 is 35.2 Å². The van der Waals surface area contributed by atoms with Crippen LogP contribution in [0.3, 0.4) is 0 Å². The number of likely N-dealkylation sites (N-methyl/N-ethyl adjacent to an activating group) is 1. The second-order valence-corrected chi connectivity index (χ2v) is 13.1. The molecule has 1 fully saturated rings. The summed E-state index contributed by atoms with van der Waals surface area (Å²) in [6.45, 7) is 5.18. The van der Waals surface area contributed by atoms with E-state index in [0.29, 0.717) is 40.1 Å². The maximum Gasteiger partial charge on any atom is 0.244 e. The zero-order chi connectivity index (χ0) is 35.1. The summed E-state index contributed by atoms with van der Waals surface area (Å²) in [5.74, 6) is -0.136. The maximum atomic E-state index is 13.4. The molecule has 3 aliphatic rings. The minimum Gasteiger partial charge on any atom is -0.507 e. The molecule has 5 atom stereocenters. The van der Waals surface area contributed by atoms with E-state index in [0.717, 1.165) is 16.8 Å². The quantitative estimate of drug-likeness (QED) is 0.0899. The highest BCUT2D eigenvalue weighted by molar-refractivity contribution is 8.13. The number of para-hydroxylation sites is 1. The topological polar surface area (TPSA) is 163 Å². The van der Waals surface area contributed by atoms with Crippen LogP contribution in [0.1, 0.15) is 52.4 Å². The van der Waals surface area contributed by atoms with Gasteiger partial charge in [0.15, 0.2) is 23.0 Å². The van der Waals surface area contributed by atoms with Gasteiger partial charge in [0, 0.05) is 46.2 Å². The van der Waals surface area contributed by atoms with E-state index in [1.807, 2.05) is 55.3 Å². The van der Waals surface area contributed by atoms with Gasteiger partial charge in [-0.3, -0.25) is 14.7 Å². The molecule has 13 heteroatoms. The zero-order valence-electron chi connectivity index (χ0n) is 28.2. The summed E-state index contributed by atoms with van der Waals surface area (Å²) in [5, 5.41) is 48.5. The van der Waals surface area contributed by atoms with Crippen molar-refractivity contribution in [2.75, 3.05) is 32.5 Å². The zero-order valence-corrected chi connectivity index (χ0v) is 29.0. The third-order valence-electron chi connectivity index (χ3n) is 9.79. The van der Waals surface area contributed by atoms with Gasteiger partial charge in [0.2, 0.25) is 5.91 Å². The molecule has 0 saturated carbocycles. The molecule has 0 radical (unpaired) electrons. The van der Waals surface area contributed by atoms with Gasteiger partial charge in [-0.05, 0) is 75.5 Å². The number of amides is 1. The molecule has 1 saturated heterocycles. The summed E-state index contributed by atoms with van der Waals surface area (Å²) in [5.41, 5.74) is 6.47. The molecule has 3 heterocycles. The number of benzene rings is 3. The smallest absolute Gasteiger partial charge is 0.244 e. The average Bonchev–Trinajstić information content (AvgIpc) is 3.09. The first kappa shape index (κ1) is 33.8. The van der Waals surface area contributed by atoms with Crippen LogP contribution in [0.5, 0.6) is 28.7 Å². The molecule has 0 aliphatic carbocycles. The lowest BCUT2D eigenvalue weighted by Gasteiger charge is -2.57. The highest BCUT2D eigenvalue weighted by atomic mass is 32.2. The highest BCUT2D eigenvalue weighted by Gasteiger charge is 2.53. The summed E-state index contributed by atoms with van der Waals surface area (Å²) in [6, 6.07) is 11.0. The molecule has 1 amide bonds. The Bertz CT molecular complexity index is 1890. The number of nitrogens with zero attached hydrogens (tertiary/aromatic N) is 4. The van der Waals surface area contributed by atoms with Gasteiger partial charge < -0.3 is 39.7 Å². The Balaban J connectivity index is 1.40. The number of carbonyl (C=O) groups is 1. The van der Waals surface area contributed by atoms with Gasteiger partial charge in [0.05, 0.1) is 37.9 Å². The summed E-state index contributed by atoms with van der Waals surface area (Å²) < 4.78 is 14.2. The molecule has 5 N–H and O–H groups in total. The monoisotopic (exact) mass is 684 g/mol. The van der Waals surface area contributed by atoms with Crippen LogP contribution in [0.4, 0.5) is 5.69 Å². The Kier molecular flexibility index (Phi) is 9.28. The van der Waals surface area contributed by atoms with Crippen LogP contribution in [0.2, 0.25) is 0 Å². The highest BCUT2D eigenvalue weighted by Crippen LogP contribution is 2.58. The predicted octanol–water partition coefficient (Wildman–Crippen LogP) is 4.93. The third-order valence-corrected chi connectivity index (χ3v) is 10.4. The number of hydrogen-bond donors (Lipinski definition) is 5. The van der Waals surface area contributed by atoms with E-state index in [1.165, 1.54) is 26.2 Å². The summed E-state index contributed by atoms with van der Waals surface area (Å²) in [4.78, 5) is 21.8. The molecule has 3 aromatic carbocycles. The number of carbonyl (C=O) groups excluding carboxylic acids is 1. The molecule has 12 nitrogen and oxygen atoms in total. The fourth-order valence-corrected chi connectivity index (χ4v) is 8.00. The minimum atomic E-state index is -0.788. The summed E-state index contributed by atoms with van der Waals surface area (Å²) in [6.07, 6.45) is 2.24. The number of nitrogens with one attached hydrogen (secondary N) is 2. The lowest BCUT2D eigenvalue weighted by molar-refractivity contribution is -0.122. The number of nitriles is 1. The number of aromatic hydroxyl groups is 3. The van der Waals surface area contributed by atoms with E-state index in [4.69, 9.17) is 9.47 Å². The van der Waals surface area contributed by atoms with Gasteiger partial charge in [-0.1, -0.05) is 24.3 Å². The lowest BCUT2D eigenvalue weighted by Crippen LogP contribution is -2.62. The number of ether oxygens (including phenoxy) is 2. The molecule has 3 aromatic rings. The number of rotatable bonds is 9. The first-order valence-electron chi connectivity index (χ1n) is 15.9. The van der Waals surface area contributed by atoms with Crippen molar-refractivity contribution in [1.29, 1.82) is 5.26 Å². The number of aliphatic imine (C=N–C) groups is 1. The Morgan fingerprint density at radius 2 is 1.82 bits per heavy atom. The molecule has 49 heavy (non-hydrogen) atoms. The van der Waals surface area contributed by atoms with E-state index in [2.05, 4.69) is 26.0 Å². The summed E-state index contributed by atoms with van der Waals surface area (Å²) >= 11 is 1.24. The van der Waals surface area contributed by atoms with Crippen molar-refractivity contribution in [3.63, 3.8) is 0 Å². The minimum absolute atomic E-state index is 0.0176. The molecule has 0 spiro atoms. The second-order valence-electron chi connectivity index (χ2n) is 12.5. The second kappa shape index (κ2) is 13.4. The van der Waals surface area contributed by atoms with Crippen LogP contribution in [-0.4, -0.2) is 82.5 Å². The van der Waals surface area contributed by atoms with E-state index in [9.17, 15) is 25.4 Å². The van der Waals surface area contributed by atoms with Crippen LogP contribution >= 0.6 is 11.9 Å². The van der Waals surface area contributed by atoms with Crippen molar-refractivity contribution in [3.05, 3.63) is 75.5 Å². The summed E-state index contributed by atoms with van der Waals surface area (Å²) in [7, 11) is 4.84. The van der Waals surface area contributed by atoms with E-state index in [-0.39, 0.29) is 41.5 Å². The number of phenolic OH excluding ortho intramolecular Hbond substituents is 3. The Morgan fingerprint density at radius 3 is 2.49 bits per heavy atom. The van der Waals surface area contributed by atoms with Crippen LogP contribution in [0, 0.1) is 25.2 Å². The molecular weight excluding hydrogens is 644 g/mol. The number of aryl methyl sites for hydroxylation is 1. The van der Waals surface area contributed by atoms with Gasteiger partial charge in [-0.15, -0.1) is 0 Å². The molecule has 2 bridgehead atoms. The van der Waals surface area contributed by atoms with Crippen molar-refractivity contribution in [3.8, 4) is 34.8 Å². The predicted molar refractivity (Wildman–Crippen MR) is 189 cm³/mol. The fraction of sp³-hybridized carbons (Fsp3) is 0.361. The van der Waals surface area contributed by atoms with Crippen LogP contribution in [-0.2, 0) is 11.2 Å². The van der Waals surface area contributed by atoms with Crippen molar-refractivity contribution in [1.82, 2.24) is 15.1 Å².